The minimum atomic E-state index is 0.613. The van der Waals surface area contributed by atoms with Crippen LogP contribution in [0.3, 0.4) is 0 Å². The predicted molar refractivity (Wildman–Crippen MR) is 83.7 cm³/mol. The molecule has 1 aliphatic carbocycles. The summed E-state index contributed by atoms with van der Waals surface area (Å²) in [6.45, 7) is 3.04. The number of methoxy groups -OCH3 is 1. The summed E-state index contributed by atoms with van der Waals surface area (Å²) in [4.78, 5) is 4.91. The summed E-state index contributed by atoms with van der Waals surface area (Å²) in [5.41, 5.74) is 3.38. The first-order valence-electron chi connectivity index (χ1n) is 7.55. The van der Waals surface area contributed by atoms with E-state index < -0.39 is 0 Å². The van der Waals surface area contributed by atoms with Gasteiger partial charge in [0, 0.05) is 29.2 Å². The second-order valence-electron chi connectivity index (χ2n) is 5.46. The summed E-state index contributed by atoms with van der Waals surface area (Å²) in [5.74, 6) is 1.48. The van der Waals surface area contributed by atoms with Crippen LogP contribution in [0.5, 0.6) is 5.75 Å². The quantitative estimate of drug-likeness (QED) is 0.897. The molecular formula is C17H22N2O. The highest BCUT2D eigenvalue weighted by Crippen LogP contribution is 2.37. The van der Waals surface area contributed by atoms with Crippen LogP contribution in [0.4, 0.5) is 5.69 Å². The number of rotatable bonds is 4. The number of ether oxygens (including phenoxy) is 1. The second-order valence-corrected chi connectivity index (χ2v) is 5.46. The van der Waals surface area contributed by atoms with Crippen LogP contribution < -0.4 is 10.1 Å². The minimum absolute atomic E-state index is 0.613. The first-order chi connectivity index (χ1) is 9.83. The number of anilines is 1. The largest absolute Gasteiger partial charge is 0.494 e. The standard InChI is InChI=1S/C17H22N2O/c1-3-18-15-11-14(12-7-4-5-8-12)19-17-13(15)9-6-10-16(17)20-2/h6,9-12H,3-5,7-8H2,1-2H3,(H,18,19). The van der Waals surface area contributed by atoms with Crippen molar-refractivity contribution in [2.24, 2.45) is 0 Å². The molecule has 0 atom stereocenters. The molecule has 3 heteroatoms. The Morgan fingerprint density at radius 2 is 2.10 bits per heavy atom. The molecule has 0 aliphatic heterocycles. The van der Waals surface area contributed by atoms with E-state index in [2.05, 4.69) is 24.4 Å². The molecule has 2 aromatic rings. The molecule has 0 radical (unpaired) electrons. The van der Waals surface area contributed by atoms with Gasteiger partial charge < -0.3 is 10.1 Å². The molecule has 1 saturated carbocycles. The Kier molecular flexibility index (Phi) is 3.77. The van der Waals surface area contributed by atoms with Crippen LogP contribution in [0.15, 0.2) is 24.3 Å². The van der Waals surface area contributed by atoms with E-state index in [1.165, 1.54) is 37.1 Å². The van der Waals surface area contributed by atoms with Crippen LogP contribution in [0.2, 0.25) is 0 Å². The maximum Gasteiger partial charge on any atom is 0.145 e. The molecule has 0 bridgehead atoms. The van der Waals surface area contributed by atoms with Crippen molar-refractivity contribution in [3.8, 4) is 5.75 Å². The van der Waals surface area contributed by atoms with E-state index in [-0.39, 0.29) is 0 Å². The molecule has 20 heavy (non-hydrogen) atoms. The highest BCUT2D eigenvalue weighted by Gasteiger charge is 2.20. The lowest BCUT2D eigenvalue weighted by molar-refractivity contribution is 0.418. The van der Waals surface area contributed by atoms with Crippen molar-refractivity contribution in [1.82, 2.24) is 4.98 Å². The van der Waals surface area contributed by atoms with Gasteiger partial charge in [0.2, 0.25) is 0 Å². The number of nitrogens with zero attached hydrogens (tertiary/aromatic N) is 1. The normalized spacial score (nSPS) is 15.7. The smallest absolute Gasteiger partial charge is 0.145 e. The third-order valence-corrected chi connectivity index (χ3v) is 4.18. The van der Waals surface area contributed by atoms with Gasteiger partial charge in [-0.25, -0.2) is 4.98 Å². The molecule has 1 aromatic carbocycles. The first kappa shape index (κ1) is 13.2. The van der Waals surface area contributed by atoms with Gasteiger partial charge in [-0.2, -0.15) is 0 Å². The van der Waals surface area contributed by atoms with Gasteiger partial charge in [-0.1, -0.05) is 25.0 Å². The molecule has 0 amide bonds. The fourth-order valence-electron chi connectivity index (χ4n) is 3.17. The highest BCUT2D eigenvalue weighted by molar-refractivity contribution is 5.95. The maximum atomic E-state index is 5.49. The molecule has 0 spiro atoms. The zero-order valence-electron chi connectivity index (χ0n) is 12.3. The fourth-order valence-corrected chi connectivity index (χ4v) is 3.17. The zero-order valence-corrected chi connectivity index (χ0v) is 12.3. The van der Waals surface area contributed by atoms with E-state index in [0.717, 1.165) is 23.2 Å². The summed E-state index contributed by atoms with van der Waals surface area (Å²) in [5, 5.41) is 4.62. The van der Waals surface area contributed by atoms with Gasteiger partial charge in [-0.15, -0.1) is 0 Å². The molecule has 0 unspecified atom stereocenters. The number of hydrogen-bond donors (Lipinski definition) is 1. The summed E-state index contributed by atoms with van der Waals surface area (Å²) >= 11 is 0. The minimum Gasteiger partial charge on any atom is -0.494 e. The monoisotopic (exact) mass is 270 g/mol. The van der Waals surface area contributed by atoms with Crippen LogP contribution in [-0.2, 0) is 0 Å². The van der Waals surface area contributed by atoms with Gasteiger partial charge >= 0.3 is 0 Å². The van der Waals surface area contributed by atoms with E-state index in [1.807, 2.05) is 12.1 Å². The van der Waals surface area contributed by atoms with Gasteiger partial charge in [0.15, 0.2) is 0 Å². The van der Waals surface area contributed by atoms with E-state index in [1.54, 1.807) is 7.11 Å². The lowest BCUT2D eigenvalue weighted by atomic mass is 10.0. The summed E-state index contributed by atoms with van der Waals surface area (Å²) in [6.07, 6.45) is 5.18. The third-order valence-electron chi connectivity index (χ3n) is 4.18. The number of aromatic nitrogens is 1. The highest BCUT2D eigenvalue weighted by atomic mass is 16.5. The van der Waals surface area contributed by atoms with Crippen molar-refractivity contribution < 1.29 is 4.74 Å². The van der Waals surface area contributed by atoms with Crippen molar-refractivity contribution in [3.63, 3.8) is 0 Å². The van der Waals surface area contributed by atoms with E-state index >= 15 is 0 Å². The first-order valence-corrected chi connectivity index (χ1v) is 7.55. The number of nitrogens with one attached hydrogen (secondary N) is 1. The Balaban J connectivity index is 2.17. The Morgan fingerprint density at radius 3 is 2.80 bits per heavy atom. The van der Waals surface area contributed by atoms with Crippen LogP contribution in [0, 0.1) is 0 Å². The molecule has 1 heterocycles. The molecule has 1 aliphatic rings. The van der Waals surface area contributed by atoms with Gasteiger partial charge in [0.05, 0.1) is 7.11 Å². The molecule has 1 fully saturated rings. The molecule has 0 saturated heterocycles. The summed E-state index contributed by atoms with van der Waals surface area (Å²) in [7, 11) is 1.71. The number of fused-ring (bicyclic) bond motifs is 1. The Labute approximate surface area is 120 Å². The van der Waals surface area contributed by atoms with Crippen LogP contribution in [-0.4, -0.2) is 18.6 Å². The topological polar surface area (TPSA) is 34.2 Å². The van der Waals surface area contributed by atoms with Gasteiger partial charge in [-0.05, 0) is 31.9 Å². The molecule has 1 aromatic heterocycles. The van der Waals surface area contributed by atoms with Crippen molar-refractivity contribution in [2.45, 2.75) is 38.5 Å². The molecule has 1 N–H and O–H groups in total. The number of para-hydroxylation sites is 1. The van der Waals surface area contributed by atoms with Crippen LogP contribution in [0.25, 0.3) is 10.9 Å². The van der Waals surface area contributed by atoms with E-state index in [4.69, 9.17) is 9.72 Å². The average Bonchev–Trinajstić information content (AvgIpc) is 3.01. The maximum absolute atomic E-state index is 5.49. The molecule has 3 nitrogen and oxygen atoms in total. The summed E-state index contributed by atoms with van der Waals surface area (Å²) < 4.78 is 5.49. The Bertz CT molecular complexity index is 603. The van der Waals surface area contributed by atoms with Crippen molar-refractivity contribution in [3.05, 3.63) is 30.0 Å². The lowest BCUT2D eigenvalue weighted by Gasteiger charge is -2.15. The van der Waals surface area contributed by atoms with Crippen molar-refractivity contribution in [2.75, 3.05) is 19.0 Å². The SMILES string of the molecule is CCNc1cc(C2CCCC2)nc2c(OC)cccc12. The number of benzene rings is 1. The summed E-state index contributed by atoms with van der Waals surface area (Å²) in [6, 6.07) is 8.37. The number of pyridine rings is 1. The fraction of sp³-hybridized carbons (Fsp3) is 0.471. The van der Waals surface area contributed by atoms with Gasteiger partial charge in [0.1, 0.15) is 11.3 Å². The second kappa shape index (κ2) is 5.70. The predicted octanol–water partition coefficient (Wildman–Crippen LogP) is 4.33. The zero-order chi connectivity index (χ0) is 13.9. The van der Waals surface area contributed by atoms with E-state index in [9.17, 15) is 0 Å². The Hall–Kier alpha value is -1.77. The average molecular weight is 270 g/mol. The van der Waals surface area contributed by atoms with E-state index in [0.29, 0.717) is 5.92 Å². The van der Waals surface area contributed by atoms with Crippen LogP contribution in [0.1, 0.15) is 44.2 Å². The molecule has 3 rings (SSSR count). The molecule has 106 valence electrons. The van der Waals surface area contributed by atoms with Crippen molar-refractivity contribution in [1.29, 1.82) is 0 Å². The van der Waals surface area contributed by atoms with Gasteiger partial charge in [-0.3, -0.25) is 0 Å². The van der Waals surface area contributed by atoms with Crippen LogP contribution >= 0.6 is 0 Å². The van der Waals surface area contributed by atoms with Gasteiger partial charge in [0.25, 0.3) is 0 Å². The number of hydrogen-bond acceptors (Lipinski definition) is 3. The lowest BCUT2D eigenvalue weighted by Crippen LogP contribution is -2.03. The third kappa shape index (κ3) is 2.33. The van der Waals surface area contributed by atoms with Crippen molar-refractivity contribution >= 4 is 16.6 Å². The molecular weight excluding hydrogens is 248 g/mol. The Morgan fingerprint density at radius 1 is 1.30 bits per heavy atom.